The lowest BCUT2D eigenvalue weighted by Gasteiger charge is -2.23. The SMILES string of the molecule is CC(C)N1CCC(NC(=O)N2C[C@@H](C(F)(F)F)[C@H](C(=O)O)C2)C1=O. The monoisotopic (exact) mass is 351 g/mol. The normalized spacial score (nSPS) is 27.9. The van der Waals surface area contributed by atoms with E-state index in [1.165, 1.54) is 0 Å². The molecule has 24 heavy (non-hydrogen) atoms. The number of nitrogens with one attached hydrogen (secondary N) is 1. The second-order valence-electron chi connectivity index (χ2n) is 6.41. The highest BCUT2D eigenvalue weighted by Gasteiger charge is 2.53. The van der Waals surface area contributed by atoms with Gasteiger partial charge in [-0.05, 0) is 20.3 Å². The first-order valence-electron chi connectivity index (χ1n) is 7.67. The Morgan fingerprint density at radius 2 is 1.92 bits per heavy atom. The van der Waals surface area contributed by atoms with Crippen molar-refractivity contribution in [2.24, 2.45) is 11.8 Å². The molecule has 3 atom stereocenters. The van der Waals surface area contributed by atoms with Gasteiger partial charge in [0, 0.05) is 25.7 Å². The molecular weight excluding hydrogens is 331 g/mol. The van der Waals surface area contributed by atoms with Crippen LogP contribution >= 0.6 is 0 Å². The third-order valence-corrected chi connectivity index (χ3v) is 4.51. The van der Waals surface area contributed by atoms with Gasteiger partial charge in [-0.1, -0.05) is 0 Å². The molecule has 0 aliphatic carbocycles. The number of carboxylic acid groups (broad SMARTS) is 1. The minimum atomic E-state index is -4.70. The number of hydrogen-bond donors (Lipinski definition) is 2. The Kier molecular flexibility index (Phi) is 4.95. The number of aliphatic carboxylic acids is 1. The van der Waals surface area contributed by atoms with Gasteiger partial charge in [-0.15, -0.1) is 0 Å². The Morgan fingerprint density at radius 3 is 2.33 bits per heavy atom. The Hall–Kier alpha value is -2.00. The van der Waals surface area contributed by atoms with Crippen molar-refractivity contribution in [3.8, 4) is 0 Å². The molecule has 2 aliphatic rings. The standard InChI is InChI=1S/C14H20F3N3O4/c1-7(2)20-4-3-10(11(20)21)18-13(24)19-5-8(12(22)23)9(6-19)14(15,16)17/h7-10H,3-6H2,1-2H3,(H,18,24)(H,22,23)/t8-,9-,10?/m1/s1. The van der Waals surface area contributed by atoms with Crippen molar-refractivity contribution in [3.05, 3.63) is 0 Å². The maximum Gasteiger partial charge on any atom is 0.394 e. The van der Waals surface area contributed by atoms with Crippen LogP contribution in [0.4, 0.5) is 18.0 Å². The van der Waals surface area contributed by atoms with Crippen LogP contribution in [0.15, 0.2) is 0 Å². The molecule has 3 amide bonds. The van der Waals surface area contributed by atoms with E-state index in [-0.39, 0.29) is 11.9 Å². The molecule has 136 valence electrons. The topological polar surface area (TPSA) is 90.0 Å². The summed E-state index contributed by atoms with van der Waals surface area (Å²) in [5.74, 6) is -5.66. The van der Waals surface area contributed by atoms with Crippen LogP contribution in [0.1, 0.15) is 20.3 Å². The van der Waals surface area contributed by atoms with Crippen molar-refractivity contribution in [2.45, 2.75) is 38.5 Å². The number of urea groups is 1. The van der Waals surface area contributed by atoms with E-state index in [1.807, 2.05) is 13.8 Å². The van der Waals surface area contributed by atoms with Crippen molar-refractivity contribution in [3.63, 3.8) is 0 Å². The number of nitrogens with zero attached hydrogens (tertiary/aromatic N) is 2. The van der Waals surface area contributed by atoms with Gasteiger partial charge in [0.1, 0.15) is 6.04 Å². The number of amides is 3. The first kappa shape index (κ1) is 18.3. The summed E-state index contributed by atoms with van der Waals surface area (Å²) in [6.45, 7) is 2.87. The first-order valence-corrected chi connectivity index (χ1v) is 7.67. The molecule has 2 saturated heterocycles. The van der Waals surface area contributed by atoms with E-state index >= 15 is 0 Å². The molecule has 0 radical (unpaired) electrons. The van der Waals surface area contributed by atoms with E-state index < -0.39 is 49.1 Å². The van der Waals surface area contributed by atoms with Crippen LogP contribution in [0.3, 0.4) is 0 Å². The predicted octanol–water partition coefficient (Wildman–Crippen LogP) is 0.900. The number of likely N-dealkylation sites (tertiary alicyclic amines) is 2. The van der Waals surface area contributed by atoms with Crippen LogP contribution in [0, 0.1) is 11.8 Å². The van der Waals surface area contributed by atoms with Crippen LogP contribution < -0.4 is 5.32 Å². The first-order chi connectivity index (χ1) is 11.0. The Morgan fingerprint density at radius 1 is 1.29 bits per heavy atom. The van der Waals surface area contributed by atoms with Crippen molar-refractivity contribution in [1.82, 2.24) is 15.1 Å². The number of rotatable bonds is 3. The molecule has 10 heteroatoms. The van der Waals surface area contributed by atoms with Crippen molar-refractivity contribution < 1.29 is 32.7 Å². The van der Waals surface area contributed by atoms with Crippen LogP contribution in [0.25, 0.3) is 0 Å². The van der Waals surface area contributed by atoms with Gasteiger partial charge in [0.15, 0.2) is 0 Å². The van der Waals surface area contributed by atoms with Gasteiger partial charge in [0.2, 0.25) is 5.91 Å². The van der Waals surface area contributed by atoms with Gasteiger partial charge in [-0.3, -0.25) is 9.59 Å². The number of halogens is 3. The summed E-state index contributed by atoms with van der Waals surface area (Å²) in [5, 5.41) is 11.4. The van der Waals surface area contributed by atoms with Gasteiger partial charge in [-0.25, -0.2) is 4.79 Å². The molecule has 0 aromatic rings. The predicted molar refractivity (Wildman–Crippen MR) is 76.0 cm³/mol. The minimum absolute atomic E-state index is 0.0304. The molecule has 0 saturated carbocycles. The van der Waals surface area contributed by atoms with E-state index in [1.54, 1.807) is 4.90 Å². The van der Waals surface area contributed by atoms with Gasteiger partial charge in [0.05, 0.1) is 11.8 Å². The van der Waals surface area contributed by atoms with Gasteiger partial charge in [0.25, 0.3) is 0 Å². The third-order valence-electron chi connectivity index (χ3n) is 4.51. The number of carboxylic acids is 1. The molecule has 2 fully saturated rings. The minimum Gasteiger partial charge on any atom is -0.481 e. The third kappa shape index (κ3) is 3.57. The summed E-state index contributed by atoms with van der Waals surface area (Å²) in [6.07, 6.45) is -4.32. The fourth-order valence-corrected chi connectivity index (χ4v) is 3.14. The lowest BCUT2D eigenvalue weighted by Crippen LogP contribution is -2.48. The molecule has 7 nitrogen and oxygen atoms in total. The van der Waals surface area contributed by atoms with Crippen LogP contribution in [-0.4, -0.2) is 70.7 Å². The molecule has 2 N–H and O–H groups in total. The quantitative estimate of drug-likeness (QED) is 0.791. The molecule has 1 unspecified atom stereocenters. The lowest BCUT2D eigenvalue weighted by molar-refractivity contribution is -0.187. The fourth-order valence-electron chi connectivity index (χ4n) is 3.14. The summed E-state index contributed by atoms with van der Waals surface area (Å²) in [5.41, 5.74) is 0. The molecule has 2 aliphatic heterocycles. The van der Waals surface area contributed by atoms with E-state index in [4.69, 9.17) is 5.11 Å². The highest BCUT2D eigenvalue weighted by Crippen LogP contribution is 2.37. The van der Waals surface area contributed by atoms with Gasteiger partial charge >= 0.3 is 18.2 Å². The smallest absolute Gasteiger partial charge is 0.394 e. The molecule has 0 aromatic carbocycles. The lowest BCUT2D eigenvalue weighted by atomic mass is 9.96. The summed E-state index contributed by atoms with van der Waals surface area (Å²) in [4.78, 5) is 37.7. The zero-order chi connectivity index (χ0) is 18.2. The van der Waals surface area contributed by atoms with Crippen molar-refractivity contribution in [2.75, 3.05) is 19.6 Å². The summed E-state index contributed by atoms with van der Waals surface area (Å²) in [6, 6.07) is -1.65. The second-order valence-corrected chi connectivity index (χ2v) is 6.41. The summed E-state index contributed by atoms with van der Waals surface area (Å²) >= 11 is 0. The van der Waals surface area contributed by atoms with E-state index in [2.05, 4.69) is 5.32 Å². The molecule has 0 aromatic heterocycles. The maximum atomic E-state index is 12.9. The summed E-state index contributed by atoms with van der Waals surface area (Å²) < 4.78 is 38.8. The number of alkyl halides is 3. The Bertz CT molecular complexity index is 538. The van der Waals surface area contributed by atoms with Crippen LogP contribution in [-0.2, 0) is 9.59 Å². The Balaban J connectivity index is 2.01. The number of hydrogen-bond acceptors (Lipinski definition) is 3. The van der Waals surface area contributed by atoms with E-state index in [0.717, 1.165) is 4.90 Å². The van der Waals surface area contributed by atoms with Crippen LogP contribution in [0.2, 0.25) is 0 Å². The van der Waals surface area contributed by atoms with Gasteiger partial charge in [-0.2, -0.15) is 13.2 Å². The van der Waals surface area contributed by atoms with Crippen molar-refractivity contribution >= 4 is 17.9 Å². The Labute approximate surface area is 136 Å². The average molecular weight is 351 g/mol. The highest BCUT2D eigenvalue weighted by atomic mass is 19.4. The van der Waals surface area contributed by atoms with E-state index in [9.17, 15) is 27.6 Å². The largest absolute Gasteiger partial charge is 0.481 e. The summed E-state index contributed by atoms with van der Waals surface area (Å²) in [7, 11) is 0. The van der Waals surface area contributed by atoms with E-state index in [0.29, 0.717) is 13.0 Å². The van der Waals surface area contributed by atoms with Gasteiger partial charge < -0.3 is 20.2 Å². The average Bonchev–Trinajstić information content (AvgIpc) is 3.03. The molecule has 0 bridgehead atoms. The number of carbonyl (C=O) groups is 3. The molecular formula is C14H20F3N3O4. The number of carbonyl (C=O) groups excluding carboxylic acids is 2. The fraction of sp³-hybridized carbons (Fsp3) is 0.786. The van der Waals surface area contributed by atoms with Crippen molar-refractivity contribution in [1.29, 1.82) is 0 Å². The zero-order valence-corrected chi connectivity index (χ0v) is 13.3. The molecule has 2 rings (SSSR count). The highest BCUT2D eigenvalue weighted by molar-refractivity contribution is 5.89. The molecule has 2 heterocycles. The second kappa shape index (κ2) is 6.48. The zero-order valence-electron chi connectivity index (χ0n) is 13.3. The molecule has 0 spiro atoms. The maximum absolute atomic E-state index is 12.9. The van der Waals surface area contributed by atoms with Crippen LogP contribution in [0.5, 0.6) is 0 Å².